The summed E-state index contributed by atoms with van der Waals surface area (Å²) < 4.78 is 38.8. The molecule has 0 unspecified atom stereocenters. The van der Waals surface area contributed by atoms with Gasteiger partial charge in [0, 0.05) is 6.54 Å². The van der Waals surface area contributed by atoms with E-state index < -0.39 is 23.5 Å². The van der Waals surface area contributed by atoms with E-state index >= 15 is 0 Å². The molecule has 0 bridgehead atoms. The van der Waals surface area contributed by atoms with Crippen LogP contribution in [0.1, 0.15) is 12.5 Å². The van der Waals surface area contributed by atoms with E-state index in [9.17, 15) is 22.8 Å². The number of thioether (sulfide) groups is 1. The zero-order valence-corrected chi connectivity index (χ0v) is 13.3. The van der Waals surface area contributed by atoms with Gasteiger partial charge in [0.05, 0.1) is 22.0 Å². The number of amides is 3. The Morgan fingerprint density at radius 1 is 1.48 bits per heavy atom. The number of aliphatic imine (C=N–C) groups is 1. The summed E-state index contributed by atoms with van der Waals surface area (Å²) in [5.74, 6) is -0.0717. The fourth-order valence-electron chi connectivity index (χ4n) is 1.90. The van der Waals surface area contributed by atoms with Gasteiger partial charge in [-0.2, -0.15) is 18.2 Å². The van der Waals surface area contributed by atoms with Gasteiger partial charge >= 0.3 is 12.2 Å². The van der Waals surface area contributed by atoms with Crippen LogP contribution in [0.5, 0.6) is 0 Å². The molecule has 1 aromatic rings. The zero-order valence-electron chi connectivity index (χ0n) is 11.8. The molecule has 0 radical (unpaired) electrons. The van der Waals surface area contributed by atoms with E-state index in [0.29, 0.717) is 6.54 Å². The largest absolute Gasteiger partial charge is 0.418 e. The van der Waals surface area contributed by atoms with Crippen LogP contribution in [-0.4, -0.2) is 34.3 Å². The third-order valence-corrected chi connectivity index (χ3v) is 4.20. The Kier molecular flexibility index (Phi) is 5.20. The summed E-state index contributed by atoms with van der Waals surface area (Å²) in [6.07, 6.45) is -4.67. The minimum absolute atomic E-state index is 0.139. The molecule has 0 spiro atoms. The Morgan fingerprint density at radius 3 is 2.78 bits per heavy atom. The number of nitrogens with one attached hydrogen (secondary N) is 1. The standard InChI is InChI=1S/C13H11ClF3N3O2S/c1-2-20-9(21)6-23-12(20)19-11(22)18-10-7(13(15,16)17)4-3-5-8(10)14/h3-5H,2,6H2,1H3,(H,18,22). The highest BCUT2D eigenvalue weighted by molar-refractivity contribution is 8.15. The number of halogens is 4. The zero-order chi connectivity index (χ0) is 17.2. The molecule has 1 heterocycles. The van der Waals surface area contributed by atoms with Crippen LogP contribution in [0, 0.1) is 0 Å². The summed E-state index contributed by atoms with van der Waals surface area (Å²) >= 11 is 6.79. The highest BCUT2D eigenvalue weighted by atomic mass is 35.5. The van der Waals surface area contributed by atoms with Crippen molar-refractivity contribution >= 4 is 46.2 Å². The normalized spacial score (nSPS) is 17.0. The number of carbonyl (C=O) groups is 2. The van der Waals surface area contributed by atoms with Crippen molar-refractivity contribution in [2.75, 3.05) is 17.6 Å². The predicted molar refractivity (Wildman–Crippen MR) is 82.8 cm³/mol. The van der Waals surface area contributed by atoms with Crippen molar-refractivity contribution in [3.63, 3.8) is 0 Å². The molecule has 3 amide bonds. The molecule has 1 N–H and O–H groups in total. The number of para-hydroxylation sites is 1. The number of carbonyl (C=O) groups excluding carboxylic acids is 2. The van der Waals surface area contributed by atoms with E-state index in [1.54, 1.807) is 6.92 Å². The molecule has 5 nitrogen and oxygen atoms in total. The lowest BCUT2D eigenvalue weighted by Gasteiger charge is -2.15. The van der Waals surface area contributed by atoms with Gasteiger partial charge in [0.1, 0.15) is 0 Å². The Bertz CT molecular complexity index is 679. The fourth-order valence-corrected chi connectivity index (χ4v) is 3.07. The predicted octanol–water partition coefficient (Wildman–Crippen LogP) is 3.84. The average molecular weight is 366 g/mol. The number of anilines is 1. The van der Waals surface area contributed by atoms with Gasteiger partial charge in [0.2, 0.25) is 5.91 Å². The summed E-state index contributed by atoms with van der Waals surface area (Å²) in [5, 5.41) is 1.94. The first-order chi connectivity index (χ1) is 10.7. The molecule has 0 aliphatic carbocycles. The highest BCUT2D eigenvalue weighted by Crippen LogP contribution is 2.38. The molecule has 124 valence electrons. The Hall–Kier alpha value is -1.74. The van der Waals surface area contributed by atoms with Gasteiger partial charge < -0.3 is 5.32 Å². The summed E-state index contributed by atoms with van der Waals surface area (Å²) in [6.45, 7) is 2.02. The Balaban J connectivity index is 2.27. The van der Waals surface area contributed by atoms with Gasteiger partial charge in [-0.15, -0.1) is 0 Å². The maximum absolute atomic E-state index is 12.9. The van der Waals surface area contributed by atoms with Gasteiger partial charge in [-0.25, -0.2) is 4.79 Å². The molecule has 1 aliphatic heterocycles. The SMILES string of the molecule is CCN1C(=O)CSC1=NC(=O)Nc1c(Cl)cccc1C(F)(F)F. The second-order valence-electron chi connectivity index (χ2n) is 4.41. The first-order valence-corrected chi connectivity index (χ1v) is 7.79. The molecule has 1 aliphatic rings. The third-order valence-electron chi connectivity index (χ3n) is 2.92. The molecule has 1 saturated heterocycles. The molecular weight excluding hydrogens is 355 g/mol. The quantitative estimate of drug-likeness (QED) is 0.866. The van der Waals surface area contributed by atoms with Crippen LogP contribution in [0.3, 0.4) is 0 Å². The number of hydrogen-bond acceptors (Lipinski definition) is 3. The monoisotopic (exact) mass is 365 g/mol. The van der Waals surface area contributed by atoms with Gasteiger partial charge in [-0.3, -0.25) is 9.69 Å². The summed E-state index contributed by atoms with van der Waals surface area (Å²) in [4.78, 5) is 28.3. The van der Waals surface area contributed by atoms with Crippen molar-refractivity contribution < 1.29 is 22.8 Å². The van der Waals surface area contributed by atoms with E-state index in [-0.39, 0.29) is 21.9 Å². The van der Waals surface area contributed by atoms with Gasteiger partial charge in [0.15, 0.2) is 5.17 Å². The van der Waals surface area contributed by atoms with E-state index in [2.05, 4.69) is 4.99 Å². The second kappa shape index (κ2) is 6.79. The van der Waals surface area contributed by atoms with Crippen LogP contribution < -0.4 is 5.32 Å². The minimum atomic E-state index is -4.67. The maximum atomic E-state index is 12.9. The van der Waals surface area contributed by atoms with Crippen LogP contribution in [0.25, 0.3) is 0 Å². The van der Waals surface area contributed by atoms with Crippen molar-refractivity contribution in [3.05, 3.63) is 28.8 Å². The Labute approximate surface area is 138 Å². The van der Waals surface area contributed by atoms with Crippen molar-refractivity contribution in [2.45, 2.75) is 13.1 Å². The van der Waals surface area contributed by atoms with E-state index in [0.717, 1.165) is 23.9 Å². The van der Waals surface area contributed by atoms with Gasteiger partial charge in [-0.05, 0) is 19.1 Å². The highest BCUT2D eigenvalue weighted by Gasteiger charge is 2.35. The van der Waals surface area contributed by atoms with E-state index in [1.807, 2.05) is 5.32 Å². The molecule has 1 aromatic carbocycles. The van der Waals surface area contributed by atoms with Crippen molar-refractivity contribution in [1.82, 2.24) is 4.90 Å². The molecule has 0 atom stereocenters. The average Bonchev–Trinajstić information content (AvgIpc) is 2.79. The lowest BCUT2D eigenvalue weighted by Crippen LogP contribution is -2.30. The number of benzene rings is 1. The van der Waals surface area contributed by atoms with Gasteiger partial charge in [0.25, 0.3) is 0 Å². The topological polar surface area (TPSA) is 61.8 Å². The lowest BCUT2D eigenvalue weighted by molar-refractivity contribution is -0.137. The molecule has 23 heavy (non-hydrogen) atoms. The fraction of sp³-hybridized carbons (Fsp3) is 0.308. The van der Waals surface area contributed by atoms with Crippen molar-refractivity contribution in [3.8, 4) is 0 Å². The minimum Gasteiger partial charge on any atom is -0.304 e. The summed E-state index contributed by atoms with van der Waals surface area (Å²) in [5.41, 5.74) is -1.63. The smallest absolute Gasteiger partial charge is 0.304 e. The van der Waals surface area contributed by atoms with Crippen molar-refractivity contribution in [2.24, 2.45) is 4.99 Å². The van der Waals surface area contributed by atoms with Crippen LogP contribution in [0.2, 0.25) is 5.02 Å². The maximum Gasteiger partial charge on any atom is 0.418 e. The number of rotatable bonds is 2. The van der Waals surface area contributed by atoms with E-state index in [4.69, 9.17) is 11.6 Å². The molecular formula is C13H11ClF3N3O2S. The summed E-state index contributed by atoms with van der Waals surface area (Å²) in [6, 6.07) is 2.14. The molecule has 0 aromatic heterocycles. The number of amidine groups is 1. The number of hydrogen-bond donors (Lipinski definition) is 1. The van der Waals surface area contributed by atoms with Gasteiger partial charge in [-0.1, -0.05) is 29.4 Å². The molecule has 1 fully saturated rings. The van der Waals surface area contributed by atoms with Crippen LogP contribution in [-0.2, 0) is 11.0 Å². The molecule has 2 rings (SSSR count). The number of nitrogens with zero attached hydrogens (tertiary/aromatic N) is 2. The van der Waals surface area contributed by atoms with Crippen LogP contribution >= 0.6 is 23.4 Å². The van der Waals surface area contributed by atoms with E-state index in [1.165, 1.54) is 11.0 Å². The first-order valence-electron chi connectivity index (χ1n) is 6.42. The second-order valence-corrected chi connectivity index (χ2v) is 5.76. The number of urea groups is 1. The van der Waals surface area contributed by atoms with Crippen LogP contribution in [0.4, 0.5) is 23.7 Å². The number of alkyl halides is 3. The Morgan fingerprint density at radius 2 is 2.17 bits per heavy atom. The molecule has 10 heteroatoms. The third kappa shape index (κ3) is 3.97. The first kappa shape index (κ1) is 17.6. The lowest BCUT2D eigenvalue weighted by atomic mass is 10.1. The molecule has 0 saturated carbocycles. The van der Waals surface area contributed by atoms with Crippen LogP contribution in [0.15, 0.2) is 23.2 Å². The van der Waals surface area contributed by atoms with Crippen molar-refractivity contribution in [1.29, 1.82) is 0 Å². The summed E-state index contributed by atoms with van der Waals surface area (Å²) in [7, 11) is 0.